The molecular formula is C25H36N6O2S. The van der Waals surface area contributed by atoms with Crippen LogP contribution in [-0.2, 0) is 9.63 Å². The number of fused-ring (bicyclic) bond motifs is 1. The van der Waals surface area contributed by atoms with Crippen LogP contribution in [0.3, 0.4) is 0 Å². The molecule has 1 fully saturated rings. The van der Waals surface area contributed by atoms with Gasteiger partial charge >= 0.3 is 0 Å². The third-order valence-electron chi connectivity index (χ3n) is 5.97. The molecule has 1 saturated carbocycles. The first-order chi connectivity index (χ1) is 16.2. The number of carbonyl (C=O) groups excluding carboxylic acids is 1. The van der Waals surface area contributed by atoms with Crippen molar-refractivity contribution in [2.75, 3.05) is 30.9 Å². The molecule has 1 aliphatic carbocycles. The van der Waals surface area contributed by atoms with Crippen LogP contribution in [-0.4, -0.2) is 54.4 Å². The van der Waals surface area contributed by atoms with Crippen molar-refractivity contribution >= 4 is 46.9 Å². The second-order valence-corrected chi connectivity index (χ2v) is 9.74. The third kappa shape index (κ3) is 6.62. The lowest BCUT2D eigenvalue weighted by Crippen LogP contribution is -2.41. The van der Waals surface area contributed by atoms with E-state index < -0.39 is 0 Å². The molecule has 34 heavy (non-hydrogen) atoms. The Morgan fingerprint density at radius 3 is 2.47 bits per heavy atom. The van der Waals surface area contributed by atoms with Crippen molar-refractivity contribution in [2.45, 2.75) is 65.5 Å². The number of amides is 1. The van der Waals surface area contributed by atoms with E-state index in [9.17, 15) is 4.79 Å². The molecule has 2 aromatic rings. The van der Waals surface area contributed by atoms with E-state index in [1.165, 1.54) is 0 Å². The summed E-state index contributed by atoms with van der Waals surface area (Å²) < 4.78 is 0. The summed E-state index contributed by atoms with van der Waals surface area (Å²) in [6.07, 6.45) is 3.63. The van der Waals surface area contributed by atoms with Crippen LogP contribution in [0.4, 0.5) is 11.8 Å². The second-order valence-electron chi connectivity index (χ2n) is 9.30. The van der Waals surface area contributed by atoms with Gasteiger partial charge in [0.2, 0.25) is 5.95 Å². The summed E-state index contributed by atoms with van der Waals surface area (Å²) >= 11 is 4.38. The van der Waals surface area contributed by atoms with Crippen LogP contribution in [0.2, 0.25) is 0 Å². The Morgan fingerprint density at radius 2 is 1.82 bits per heavy atom. The minimum atomic E-state index is -0.158. The number of nitrogens with zero attached hydrogens (tertiary/aromatic N) is 4. The van der Waals surface area contributed by atoms with E-state index in [0.717, 1.165) is 58.4 Å². The molecule has 0 aliphatic heterocycles. The van der Waals surface area contributed by atoms with E-state index >= 15 is 0 Å². The lowest BCUT2D eigenvalue weighted by atomic mass is 9.91. The number of hydrogen-bond donors (Lipinski definition) is 3. The normalized spacial score (nSPS) is 18.4. The van der Waals surface area contributed by atoms with Gasteiger partial charge in [-0.15, -0.1) is 12.6 Å². The Hall–Kier alpha value is -2.81. The maximum absolute atomic E-state index is 12.2. The molecule has 184 valence electrons. The average Bonchev–Trinajstić information content (AvgIpc) is 2.79. The number of hydrogen-bond acceptors (Lipinski definition) is 8. The number of thiol groups is 1. The van der Waals surface area contributed by atoms with Crippen LogP contribution < -0.4 is 15.5 Å². The maximum atomic E-state index is 12.2. The molecule has 3 rings (SSSR count). The largest absolute Gasteiger partial charge is 0.385 e. The van der Waals surface area contributed by atoms with Crippen LogP contribution >= 0.6 is 12.6 Å². The topological polar surface area (TPSA) is 91.7 Å². The molecular weight excluding hydrogens is 448 g/mol. The summed E-state index contributed by atoms with van der Waals surface area (Å²) in [5, 5.41) is 11.6. The number of anilines is 2. The van der Waals surface area contributed by atoms with Gasteiger partial charge in [-0.25, -0.2) is 4.98 Å². The summed E-state index contributed by atoms with van der Waals surface area (Å²) in [6, 6.07) is 6.57. The summed E-state index contributed by atoms with van der Waals surface area (Å²) in [5.41, 5.74) is 3.80. The van der Waals surface area contributed by atoms with Gasteiger partial charge in [-0.1, -0.05) is 22.9 Å². The zero-order valence-electron chi connectivity index (χ0n) is 21.0. The van der Waals surface area contributed by atoms with Crippen LogP contribution in [0.5, 0.6) is 0 Å². The quantitative estimate of drug-likeness (QED) is 0.291. The number of rotatable bonds is 8. The predicted octanol–water partition coefficient (Wildman–Crippen LogP) is 4.46. The molecule has 0 spiro atoms. The Labute approximate surface area is 207 Å². The van der Waals surface area contributed by atoms with Gasteiger partial charge in [0.15, 0.2) is 6.61 Å². The highest BCUT2D eigenvalue weighted by Crippen LogP contribution is 2.28. The Kier molecular flexibility index (Phi) is 8.77. The molecule has 2 N–H and O–H groups in total. The van der Waals surface area contributed by atoms with Gasteiger partial charge in [-0.05, 0) is 65.0 Å². The molecule has 9 heteroatoms. The summed E-state index contributed by atoms with van der Waals surface area (Å²) in [4.78, 5) is 29.8. The number of aromatic nitrogens is 2. The average molecular weight is 485 g/mol. The number of nitrogens with one attached hydrogen (secondary N) is 2. The third-order valence-corrected chi connectivity index (χ3v) is 6.74. The lowest BCUT2D eigenvalue weighted by Gasteiger charge is -2.30. The molecule has 0 unspecified atom stereocenters. The number of para-hydroxylation sites is 1. The SMILES string of the molecule is CC(C)=C(S)/C(C)=N/OCC(=O)NC1CCC(Nc2nc(N(C)C)c3cccc(C)c3n2)CC1. The van der Waals surface area contributed by atoms with Crippen molar-refractivity contribution < 1.29 is 9.63 Å². The van der Waals surface area contributed by atoms with Gasteiger partial charge in [0, 0.05) is 36.5 Å². The first-order valence-corrected chi connectivity index (χ1v) is 12.1. The van der Waals surface area contributed by atoms with Gasteiger partial charge in [0.25, 0.3) is 5.91 Å². The fourth-order valence-electron chi connectivity index (χ4n) is 4.11. The fraction of sp³-hybridized carbons (Fsp3) is 0.520. The highest BCUT2D eigenvalue weighted by atomic mass is 32.1. The molecule has 0 bridgehead atoms. The molecule has 1 amide bonds. The maximum Gasteiger partial charge on any atom is 0.260 e. The van der Waals surface area contributed by atoms with Gasteiger partial charge in [0.05, 0.1) is 11.2 Å². The van der Waals surface area contributed by atoms with Crippen molar-refractivity contribution in [1.82, 2.24) is 15.3 Å². The molecule has 8 nitrogen and oxygen atoms in total. The molecule has 1 aromatic carbocycles. The summed E-state index contributed by atoms with van der Waals surface area (Å²) in [5.74, 6) is 1.40. The molecule has 1 aliphatic rings. The summed E-state index contributed by atoms with van der Waals surface area (Å²) in [6.45, 7) is 7.68. The molecule has 1 aromatic heterocycles. The Balaban J connectivity index is 1.52. The second kappa shape index (κ2) is 11.6. The standard InChI is InChI=1S/C25H36N6O2S/c1-15(2)23(34)17(4)30-33-14-21(32)26-18-10-12-19(13-11-18)27-25-28-22-16(3)8-7-9-20(22)24(29-25)31(5)6/h7-9,18-19,34H,10-14H2,1-6H3,(H,26,32)(H,27,28,29)/b30-17+. The van der Waals surface area contributed by atoms with Gasteiger partial charge in [-0.3, -0.25) is 4.79 Å². The predicted molar refractivity (Wildman–Crippen MR) is 143 cm³/mol. The van der Waals surface area contributed by atoms with E-state index in [0.29, 0.717) is 11.7 Å². The van der Waals surface area contributed by atoms with E-state index in [2.05, 4.69) is 47.5 Å². The minimum absolute atomic E-state index is 0.100. The summed E-state index contributed by atoms with van der Waals surface area (Å²) in [7, 11) is 3.99. The van der Waals surface area contributed by atoms with E-state index in [-0.39, 0.29) is 24.6 Å². The van der Waals surface area contributed by atoms with E-state index in [1.807, 2.05) is 45.8 Å². The van der Waals surface area contributed by atoms with Crippen LogP contribution in [0.25, 0.3) is 10.9 Å². The zero-order valence-corrected chi connectivity index (χ0v) is 21.9. The number of benzene rings is 1. The minimum Gasteiger partial charge on any atom is -0.385 e. The van der Waals surface area contributed by atoms with Crippen molar-refractivity contribution in [2.24, 2.45) is 5.16 Å². The van der Waals surface area contributed by atoms with Gasteiger partial charge in [-0.2, -0.15) is 4.98 Å². The lowest BCUT2D eigenvalue weighted by molar-refractivity contribution is -0.126. The number of allylic oxidation sites excluding steroid dienone is 2. The molecule has 0 radical (unpaired) electrons. The molecule has 1 heterocycles. The van der Waals surface area contributed by atoms with Gasteiger partial charge < -0.3 is 20.4 Å². The first kappa shape index (κ1) is 25.8. The Bertz CT molecular complexity index is 1090. The van der Waals surface area contributed by atoms with Gasteiger partial charge in [0.1, 0.15) is 5.82 Å². The van der Waals surface area contributed by atoms with Crippen molar-refractivity contribution in [3.63, 3.8) is 0 Å². The smallest absolute Gasteiger partial charge is 0.260 e. The molecule has 0 atom stereocenters. The van der Waals surface area contributed by atoms with Crippen LogP contribution in [0, 0.1) is 6.92 Å². The van der Waals surface area contributed by atoms with E-state index in [1.54, 1.807) is 0 Å². The fourth-order valence-corrected chi connectivity index (χ4v) is 4.15. The van der Waals surface area contributed by atoms with Crippen molar-refractivity contribution in [3.8, 4) is 0 Å². The highest BCUT2D eigenvalue weighted by molar-refractivity contribution is 7.85. The van der Waals surface area contributed by atoms with Crippen molar-refractivity contribution in [3.05, 3.63) is 34.2 Å². The monoisotopic (exact) mass is 484 g/mol. The number of aryl methyl sites for hydroxylation is 1. The Morgan fingerprint density at radius 1 is 1.15 bits per heavy atom. The van der Waals surface area contributed by atoms with Crippen LogP contribution in [0.1, 0.15) is 52.0 Å². The molecule has 0 saturated heterocycles. The zero-order chi connectivity index (χ0) is 24.8. The van der Waals surface area contributed by atoms with Crippen molar-refractivity contribution in [1.29, 1.82) is 0 Å². The van der Waals surface area contributed by atoms with Crippen LogP contribution in [0.15, 0.2) is 33.8 Å². The number of oxime groups is 1. The number of carbonyl (C=O) groups is 1. The first-order valence-electron chi connectivity index (χ1n) is 11.7. The highest BCUT2D eigenvalue weighted by Gasteiger charge is 2.23. The van der Waals surface area contributed by atoms with E-state index in [4.69, 9.17) is 14.8 Å².